The summed E-state index contributed by atoms with van der Waals surface area (Å²) in [5.74, 6) is 1.77. The fourth-order valence-electron chi connectivity index (χ4n) is 11.2. The van der Waals surface area contributed by atoms with Crippen LogP contribution in [0.4, 0.5) is 34.1 Å². The second-order valence-electron chi connectivity index (χ2n) is 20.9. The third-order valence-corrected chi connectivity index (χ3v) is 15.8. The Kier molecular flexibility index (Phi) is 15.4. The van der Waals surface area contributed by atoms with Gasteiger partial charge in [-0.3, -0.25) is 0 Å². The maximum Gasteiger partial charge on any atom is 0.127 e. The molecule has 0 bridgehead atoms. The number of fused-ring (bicyclic) bond motifs is 5. The zero-order valence-electron chi connectivity index (χ0n) is 46.7. The van der Waals surface area contributed by atoms with E-state index in [0.29, 0.717) is 13.2 Å². The SMILES string of the molecule is CCCCOc1ccc2cc(C)ccc2c1-c1c(OCCCC)ccc2cc(-n3c4ccc(N(c5ccc(CC)cc5)c5ccc(CC)cc5)cc4c4cc(N(c5ccc(CC)cc5)c5ccc(CC)cc5)ccc43)ccc12. The van der Waals surface area contributed by atoms with Crippen LogP contribution in [0.25, 0.3) is 60.2 Å². The van der Waals surface area contributed by atoms with E-state index >= 15 is 0 Å². The molecule has 0 saturated carbocycles. The smallest absolute Gasteiger partial charge is 0.127 e. The predicted octanol–water partition coefficient (Wildman–Crippen LogP) is 20.6. The summed E-state index contributed by atoms with van der Waals surface area (Å²) in [4.78, 5) is 4.82. The van der Waals surface area contributed by atoms with E-state index in [4.69, 9.17) is 9.47 Å². The Hall–Kier alpha value is -8.28. The first-order valence-corrected chi connectivity index (χ1v) is 28.7. The zero-order chi connectivity index (χ0) is 53.7. The molecule has 0 spiro atoms. The van der Waals surface area contributed by atoms with Crippen molar-refractivity contribution in [2.75, 3.05) is 23.0 Å². The number of ether oxygens (including phenoxy) is 2. The molecule has 0 aliphatic carbocycles. The summed E-state index contributed by atoms with van der Waals surface area (Å²) in [6, 6.07) is 73.0. The van der Waals surface area contributed by atoms with Crippen LogP contribution in [0.2, 0.25) is 0 Å². The molecule has 5 heteroatoms. The van der Waals surface area contributed by atoms with Crippen molar-refractivity contribution in [3.63, 3.8) is 0 Å². The van der Waals surface area contributed by atoms with Gasteiger partial charge in [0.1, 0.15) is 11.5 Å². The number of hydrogen-bond acceptors (Lipinski definition) is 4. The maximum atomic E-state index is 6.78. The Labute approximate surface area is 462 Å². The first-order chi connectivity index (χ1) is 38.3. The van der Waals surface area contributed by atoms with Gasteiger partial charge in [0.05, 0.1) is 24.2 Å². The Balaban J connectivity index is 1.15. The summed E-state index contributed by atoms with van der Waals surface area (Å²) in [6.07, 6.45) is 8.03. The lowest BCUT2D eigenvalue weighted by molar-refractivity contribution is 0.306. The van der Waals surface area contributed by atoms with Crippen molar-refractivity contribution in [3.05, 3.63) is 222 Å². The standard InChI is InChI=1S/C73H73N3O2/c1-8-14-44-77-70-42-25-55-46-50(7)16-38-64(55)72(70)73-65-39-35-61(47-56(65)26-43-71(73)78-45-15-9-2)76-68-40-36-62(74(57-27-17-51(10-3)18-28-57)58-29-19-52(11-4)20-30-58)48-66(68)67-49-63(37-41-69(67)76)75(59-31-21-53(12-5)22-32-59)60-33-23-54(13-6)24-34-60/h16-43,46-49H,8-15,44-45H2,1-7H3. The van der Waals surface area contributed by atoms with Crippen molar-refractivity contribution in [1.29, 1.82) is 0 Å². The van der Waals surface area contributed by atoms with Crippen LogP contribution >= 0.6 is 0 Å². The Bertz CT molecular complexity index is 3620. The molecule has 0 N–H and O–H groups in total. The van der Waals surface area contributed by atoms with Crippen molar-refractivity contribution in [3.8, 4) is 28.3 Å². The molecule has 0 atom stereocenters. The largest absolute Gasteiger partial charge is 0.493 e. The predicted molar refractivity (Wildman–Crippen MR) is 334 cm³/mol. The van der Waals surface area contributed by atoms with Crippen LogP contribution in [0, 0.1) is 6.92 Å². The third kappa shape index (κ3) is 10.2. The minimum Gasteiger partial charge on any atom is -0.493 e. The number of aromatic nitrogens is 1. The van der Waals surface area contributed by atoms with Gasteiger partial charge in [-0.1, -0.05) is 145 Å². The zero-order valence-corrected chi connectivity index (χ0v) is 46.7. The topological polar surface area (TPSA) is 29.9 Å². The van der Waals surface area contributed by atoms with E-state index in [2.05, 4.69) is 257 Å². The number of unbranched alkanes of at least 4 members (excludes halogenated alkanes) is 2. The second kappa shape index (κ2) is 23.1. The number of nitrogens with zero attached hydrogens (tertiary/aromatic N) is 3. The summed E-state index contributed by atoms with van der Waals surface area (Å²) in [5, 5.41) is 6.96. The molecule has 11 aromatic rings. The average molecular weight is 1020 g/mol. The summed E-state index contributed by atoms with van der Waals surface area (Å²) in [7, 11) is 0. The average Bonchev–Trinajstić information content (AvgIpc) is 3.81. The quantitative estimate of drug-likeness (QED) is 0.0712. The molecule has 0 fully saturated rings. The Morgan fingerprint density at radius 2 is 0.718 bits per heavy atom. The summed E-state index contributed by atoms with van der Waals surface area (Å²) >= 11 is 0. The van der Waals surface area contributed by atoms with E-state index in [0.717, 1.165) is 141 Å². The number of rotatable bonds is 20. The van der Waals surface area contributed by atoms with Crippen LogP contribution in [-0.2, 0) is 25.7 Å². The highest BCUT2D eigenvalue weighted by atomic mass is 16.5. The van der Waals surface area contributed by atoms with Crippen molar-refractivity contribution < 1.29 is 9.47 Å². The molecule has 1 aromatic heterocycles. The van der Waals surface area contributed by atoms with Crippen LogP contribution in [0.3, 0.4) is 0 Å². The van der Waals surface area contributed by atoms with E-state index in [-0.39, 0.29) is 0 Å². The van der Waals surface area contributed by atoms with Crippen molar-refractivity contribution in [2.24, 2.45) is 0 Å². The van der Waals surface area contributed by atoms with Gasteiger partial charge in [0.25, 0.3) is 0 Å². The molecule has 5 nitrogen and oxygen atoms in total. The lowest BCUT2D eigenvalue weighted by Gasteiger charge is -2.26. The third-order valence-electron chi connectivity index (χ3n) is 15.8. The Morgan fingerprint density at radius 1 is 0.346 bits per heavy atom. The highest BCUT2D eigenvalue weighted by Crippen LogP contribution is 2.48. The lowest BCUT2D eigenvalue weighted by Crippen LogP contribution is -2.10. The molecular formula is C73H73N3O2. The van der Waals surface area contributed by atoms with Gasteiger partial charge in [-0.25, -0.2) is 0 Å². The summed E-state index contributed by atoms with van der Waals surface area (Å²) in [5.41, 5.74) is 18.7. The normalized spacial score (nSPS) is 11.5. The van der Waals surface area contributed by atoms with Crippen LogP contribution in [0.1, 0.15) is 95.0 Å². The lowest BCUT2D eigenvalue weighted by atomic mass is 9.91. The van der Waals surface area contributed by atoms with E-state index < -0.39 is 0 Å². The molecule has 392 valence electrons. The monoisotopic (exact) mass is 1020 g/mol. The minimum absolute atomic E-state index is 0.644. The Morgan fingerprint density at radius 3 is 1.10 bits per heavy atom. The number of anilines is 6. The number of aryl methyl sites for hydroxylation is 5. The molecule has 0 aliphatic heterocycles. The van der Waals surface area contributed by atoms with Crippen LogP contribution < -0.4 is 19.3 Å². The fraction of sp³-hybridized carbons (Fsp3) is 0.233. The highest BCUT2D eigenvalue weighted by Gasteiger charge is 2.23. The van der Waals surface area contributed by atoms with Gasteiger partial charge in [-0.15, -0.1) is 0 Å². The van der Waals surface area contributed by atoms with E-state index in [1.54, 1.807) is 0 Å². The molecule has 0 saturated heterocycles. The molecule has 0 amide bonds. The van der Waals surface area contributed by atoms with Gasteiger partial charge in [-0.05, 0) is 198 Å². The second-order valence-corrected chi connectivity index (χ2v) is 20.9. The molecule has 78 heavy (non-hydrogen) atoms. The summed E-state index contributed by atoms with van der Waals surface area (Å²) in [6.45, 7) is 16.8. The van der Waals surface area contributed by atoms with Gasteiger partial charge in [0.15, 0.2) is 0 Å². The van der Waals surface area contributed by atoms with Crippen molar-refractivity contribution >= 4 is 77.5 Å². The molecule has 0 radical (unpaired) electrons. The van der Waals surface area contributed by atoms with Gasteiger partial charge in [-0.2, -0.15) is 0 Å². The van der Waals surface area contributed by atoms with Gasteiger partial charge >= 0.3 is 0 Å². The minimum atomic E-state index is 0.644. The van der Waals surface area contributed by atoms with Gasteiger partial charge in [0, 0.05) is 61.7 Å². The molecule has 0 aliphatic rings. The van der Waals surface area contributed by atoms with E-state index in [1.165, 1.54) is 44.0 Å². The van der Waals surface area contributed by atoms with Crippen LogP contribution in [-0.4, -0.2) is 17.8 Å². The van der Waals surface area contributed by atoms with Gasteiger partial charge in [0.2, 0.25) is 0 Å². The molecule has 1 heterocycles. The maximum absolute atomic E-state index is 6.78. The molecule has 11 rings (SSSR count). The summed E-state index contributed by atoms with van der Waals surface area (Å²) < 4.78 is 16.0. The first kappa shape index (κ1) is 51.8. The van der Waals surface area contributed by atoms with Crippen molar-refractivity contribution in [2.45, 2.75) is 99.8 Å². The molecule has 10 aromatic carbocycles. The molecular weight excluding hydrogens is 951 g/mol. The van der Waals surface area contributed by atoms with E-state index in [9.17, 15) is 0 Å². The number of hydrogen-bond donors (Lipinski definition) is 0. The van der Waals surface area contributed by atoms with E-state index in [1.807, 2.05) is 0 Å². The van der Waals surface area contributed by atoms with Crippen LogP contribution in [0.15, 0.2) is 194 Å². The van der Waals surface area contributed by atoms with Crippen LogP contribution in [0.5, 0.6) is 11.5 Å². The first-order valence-electron chi connectivity index (χ1n) is 28.7. The molecule has 0 unspecified atom stereocenters. The number of benzene rings is 10. The van der Waals surface area contributed by atoms with Crippen molar-refractivity contribution in [1.82, 2.24) is 4.57 Å². The van der Waals surface area contributed by atoms with Gasteiger partial charge < -0.3 is 23.8 Å². The fourth-order valence-corrected chi connectivity index (χ4v) is 11.2. The highest BCUT2D eigenvalue weighted by molar-refractivity contribution is 6.14.